The van der Waals surface area contributed by atoms with Crippen LogP contribution in [0.5, 0.6) is 0 Å². The van der Waals surface area contributed by atoms with E-state index in [4.69, 9.17) is 0 Å². The van der Waals surface area contributed by atoms with Crippen LogP contribution in [-0.2, 0) is 13.1 Å². The standard InChI is InChI=1S/C11H14N4O2S/c1-9-5-13-14(7-9)3-2-12-6-10-4-11(15(16)17)18-8-10/h4-5,7-8,12H,2-3,6H2,1H3. The molecule has 2 heterocycles. The van der Waals surface area contributed by atoms with Gasteiger partial charge in [0.2, 0.25) is 0 Å². The Morgan fingerprint density at radius 3 is 3.06 bits per heavy atom. The molecule has 0 saturated carbocycles. The molecule has 0 aliphatic carbocycles. The lowest BCUT2D eigenvalue weighted by atomic mass is 10.3. The van der Waals surface area contributed by atoms with Gasteiger partial charge in [0.1, 0.15) is 0 Å². The highest BCUT2D eigenvalue weighted by Crippen LogP contribution is 2.22. The summed E-state index contributed by atoms with van der Waals surface area (Å²) in [6.45, 7) is 4.22. The molecule has 0 atom stereocenters. The molecule has 0 unspecified atom stereocenters. The Morgan fingerprint density at radius 1 is 1.61 bits per heavy atom. The first-order valence-electron chi connectivity index (χ1n) is 5.57. The summed E-state index contributed by atoms with van der Waals surface area (Å²) in [6, 6.07) is 1.61. The summed E-state index contributed by atoms with van der Waals surface area (Å²) in [5, 5.41) is 19.9. The molecule has 2 aromatic rings. The molecule has 0 radical (unpaired) electrons. The summed E-state index contributed by atoms with van der Waals surface area (Å²) >= 11 is 1.16. The maximum atomic E-state index is 10.5. The molecule has 0 spiro atoms. The van der Waals surface area contributed by atoms with Crippen LogP contribution in [0.15, 0.2) is 23.8 Å². The average Bonchev–Trinajstić information content (AvgIpc) is 2.93. The second-order valence-corrected chi connectivity index (χ2v) is 4.90. The van der Waals surface area contributed by atoms with Crippen molar-refractivity contribution in [2.45, 2.75) is 20.0 Å². The van der Waals surface area contributed by atoms with Crippen molar-refractivity contribution in [1.82, 2.24) is 15.1 Å². The highest BCUT2D eigenvalue weighted by molar-refractivity contribution is 7.13. The molecular formula is C11H14N4O2S. The number of nitrogens with one attached hydrogen (secondary N) is 1. The first kappa shape index (κ1) is 12.7. The molecule has 0 bridgehead atoms. The van der Waals surface area contributed by atoms with Gasteiger partial charge in [0.15, 0.2) is 0 Å². The van der Waals surface area contributed by atoms with E-state index in [0.29, 0.717) is 6.54 Å². The van der Waals surface area contributed by atoms with Gasteiger partial charge in [-0.15, -0.1) is 0 Å². The average molecular weight is 266 g/mol. The number of aryl methyl sites for hydroxylation is 1. The fourth-order valence-electron chi connectivity index (χ4n) is 1.57. The van der Waals surface area contributed by atoms with Crippen LogP contribution in [0.4, 0.5) is 5.00 Å². The van der Waals surface area contributed by atoms with E-state index in [0.717, 1.165) is 35.6 Å². The maximum Gasteiger partial charge on any atom is 0.324 e. The zero-order valence-corrected chi connectivity index (χ0v) is 10.8. The quantitative estimate of drug-likeness (QED) is 0.493. The smallest absolute Gasteiger partial charge is 0.311 e. The number of thiophene rings is 1. The largest absolute Gasteiger partial charge is 0.324 e. The van der Waals surface area contributed by atoms with Gasteiger partial charge in [-0.2, -0.15) is 5.10 Å². The van der Waals surface area contributed by atoms with Crippen LogP contribution in [0.25, 0.3) is 0 Å². The number of aromatic nitrogens is 2. The summed E-state index contributed by atoms with van der Waals surface area (Å²) in [7, 11) is 0. The highest BCUT2D eigenvalue weighted by atomic mass is 32.1. The van der Waals surface area contributed by atoms with Crippen molar-refractivity contribution in [2.24, 2.45) is 0 Å². The van der Waals surface area contributed by atoms with Gasteiger partial charge >= 0.3 is 5.00 Å². The minimum atomic E-state index is -0.360. The number of hydrogen-bond acceptors (Lipinski definition) is 5. The van der Waals surface area contributed by atoms with E-state index >= 15 is 0 Å². The number of rotatable bonds is 6. The fourth-order valence-corrected chi connectivity index (χ4v) is 2.30. The molecule has 1 N–H and O–H groups in total. The summed E-state index contributed by atoms with van der Waals surface area (Å²) in [5.74, 6) is 0. The van der Waals surface area contributed by atoms with Gasteiger partial charge in [-0.1, -0.05) is 11.3 Å². The Morgan fingerprint density at radius 2 is 2.44 bits per heavy atom. The van der Waals surface area contributed by atoms with Crippen molar-refractivity contribution < 1.29 is 4.92 Å². The molecule has 6 nitrogen and oxygen atoms in total. The molecule has 7 heteroatoms. The van der Waals surface area contributed by atoms with Crippen LogP contribution in [0, 0.1) is 17.0 Å². The molecule has 2 rings (SSSR count). The monoisotopic (exact) mass is 266 g/mol. The summed E-state index contributed by atoms with van der Waals surface area (Å²) in [6.07, 6.45) is 3.80. The van der Waals surface area contributed by atoms with Gasteiger partial charge in [-0.25, -0.2) is 0 Å². The van der Waals surface area contributed by atoms with Crippen molar-refractivity contribution in [3.63, 3.8) is 0 Å². The van der Waals surface area contributed by atoms with Crippen LogP contribution >= 0.6 is 11.3 Å². The first-order valence-corrected chi connectivity index (χ1v) is 6.44. The van der Waals surface area contributed by atoms with Crippen molar-refractivity contribution in [1.29, 1.82) is 0 Å². The zero-order chi connectivity index (χ0) is 13.0. The molecule has 0 saturated heterocycles. The van der Waals surface area contributed by atoms with Gasteiger partial charge in [0.25, 0.3) is 0 Å². The normalized spacial score (nSPS) is 10.7. The Kier molecular flexibility index (Phi) is 4.06. The van der Waals surface area contributed by atoms with Gasteiger partial charge in [0, 0.05) is 30.7 Å². The van der Waals surface area contributed by atoms with Crippen molar-refractivity contribution in [3.8, 4) is 0 Å². The van der Waals surface area contributed by atoms with Crippen LogP contribution in [0.2, 0.25) is 0 Å². The SMILES string of the molecule is Cc1cnn(CCNCc2csc([N+](=O)[O-])c2)c1. The third-order valence-electron chi connectivity index (χ3n) is 2.43. The van der Waals surface area contributed by atoms with E-state index in [1.54, 1.807) is 6.07 Å². The van der Waals surface area contributed by atoms with Crippen LogP contribution in [0.1, 0.15) is 11.1 Å². The number of hydrogen-bond donors (Lipinski definition) is 1. The number of nitrogens with zero attached hydrogens (tertiary/aromatic N) is 3. The first-order chi connectivity index (χ1) is 8.65. The summed E-state index contributed by atoms with van der Waals surface area (Å²) in [5.41, 5.74) is 2.09. The number of nitro groups is 1. The van der Waals surface area contributed by atoms with Gasteiger partial charge in [-0.05, 0) is 18.1 Å². The minimum absolute atomic E-state index is 0.189. The Labute approximate surface area is 108 Å². The molecule has 2 aromatic heterocycles. The molecule has 96 valence electrons. The highest BCUT2D eigenvalue weighted by Gasteiger charge is 2.08. The molecule has 0 aliphatic heterocycles. The minimum Gasteiger partial charge on any atom is -0.311 e. The molecule has 0 amide bonds. The van der Waals surface area contributed by atoms with Crippen LogP contribution in [-0.4, -0.2) is 21.2 Å². The Balaban J connectivity index is 1.73. The zero-order valence-electron chi connectivity index (χ0n) is 10.00. The molecule has 18 heavy (non-hydrogen) atoms. The fraction of sp³-hybridized carbons (Fsp3) is 0.364. The second-order valence-electron chi connectivity index (χ2n) is 4.01. The predicted molar refractivity (Wildman–Crippen MR) is 69.6 cm³/mol. The lowest BCUT2D eigenvalue weighted by Gasteiger charge is -2.03. The van der Waals surface area contributed by atoms with Crippen molar-refractivity contribution >= 4 is 16.3 Å². The Bertz CT molecular complexity index is 535. The molecule has 0 fully saturated rings. The summed E-state index contributed by atoms with van der Waals surface area (Å²) in [4.78, 5) is 10.2. The van der Waals surface area contributed by atoms with Gasteiger partial charge in [-0.3, -0.25) is 14.8 Å². The second kappa shape index (κ2) is 5.74. The predicted octanol–water partition coefficient (Wildman–Crippen LogP) is 1.95. The molecular weight excluding hydrogens is 252 g/mol. The van der Waals surface area contributed by atoms with E-state index in [1.807, 2.05) is 29.4 Å². The van der Waals surface area contributed by atoms with Crippen molar-refractivity contribution in [2.75, 3.05) is 6.54 Å². The van der Waals surface area contributed by atoms with E-state index in [2.05, 4.69) is 10.4 Å². The van der Waals surface area contributed by atoms with Crippen LogP contribution in [0.3, 0.4) is 0 Å². The van der Waals surface area contributed by atoms with E-state index < -0.39 is 0 Å². The van der Waals surface area contributed by atoms with Gasteiger partial charge in [0.05, 0.1) is 17.7 Å². The molecule has 0 aromatic carbocycles. The van der Waals surface area contributed by atoms with Gasteiger partial charge < -0.3 is 5.32 Å². The third-order valence-corrected chi connectivity index (χ3v) is 3.36. The van der Waals surface area contributed by atoms with E-state index in [1.165, 1.54) is 0 Å². The van der Waals surface area contributed by atoms with E-state index in [-0.39, 0.29) is 9.92 Å². The van der Waals surface area contributed by atoms with Crippen molar-refractivity contribution in [3.05, 3.63) is 45.1 Å². The third kappa shape index (κ3) is 3.38. The lowest BCUT2D eigenvalue weighted by Crippen LogP contribution is -2.19. The van der Waals surface area contributed by atoms with E-state index in [9.17, 15) is 10.1 Å². The lowest BCUT2D eigenvalue weighted by molar-refractivity contribution is -0.380. The molecule has 0 aliphatic rings. The maximum absolute atomic E-state index is 10.5. The van der Waals surface area contributed by atoms with Crippen LogP contribution < -0.4 is 5.32 Å². The topological polar surface area (TPSA) is 73.0 Å². The summed E-state index contributed by atoms with van der Waals surface area (Å²) < 4.78 is 1.87. The Hall–Kier alpha value is -1.73.